The van der Waals surface area contributed by atoms with Crippen molar-refractivity contribution < 1.29 is 18.0 Å². The van der Waals surface area contributed by atoms with Crippen molar-refractivity contribution >= 4 is 35.1 Å². The maximum absolute atomic E-state index is 12.6. The Kier molecular flexibility index (Phi) is 6.77. The van der Waals surface area contributed by atoms with Crippen LogP contribution in [0.5, 0.6) is 0 Å². The molecule has 0 unspecified atom stereocenters. The van der Waals surface area contributed by atoms with Crippen LogP contribution in [0.3, 0.4) is 0 Å². The summed E-state index contributed by atoms with van der Waals surface area (Å²) < 4.78 is 37.9. The predicted octanol–water partition coefficient (Wildman–Crippen LogP) is 5.32. The lowest BCUT2D eigenvalue weighted by Crippen LogP contribution is -2.38. The molecule has 0 saturated carbocycles. The van der Waals surface area contributed by atoms with Crippen molar-refractivity contribution in [3.63, 3.8) is 0 Å². The van der Waals surface area contributed by atoms with E-state index in [-0.39, 0.29) is 6.03 Å². The van der Waals surface area contributed by atoms with Gasteiger partial charge in [-0.15, -0.1) is 0 Å². The Labute approximate surface area is 177 Å². The SMILES string of the molecule is C/N=C/Cc1cnc(C2=CCN(C(=O)Nc3ccc(C(F)(F)F)cc3)CC2)c(Cl)c1. The van der Waals surface area contributed by atoms with Gasteiger partial charge in [0.15, 0.2) is 0 Å². The molecule has 1 aliphatic heterocycles. The van der Waals surface area contributed by atoms with Crippen LogP contribution in [0.2, 0.25) is 5.02 Å². The van der Waals surface area contributed by atoms with Crippen molar-refractivity contribution in [2.75, 3.05) is 25.5 Å². The van der Waals surface area contributed by atoms with Gasteiger partial charge in [-0.25, -0.2) is 4.79 Å². The van der Waals surface area contributed by atoms with E-state index in [0.717, 1.165) is 23.3 Å². The molecule has 0 fully saturated rings. The third-order valence-corrected chi connectivity index (χ3v) is 4.96. The Bertz CT molecular complexity index is 971. The molecule has 1 aromatic heterocycles. The van der Waals surface area contributed by atoms with Crippen LogP contribution >= 0.6 is 11.6 Å². The van der Waals surface area contributed by atoms with E-state index in [2.05, 4.69) is 15.3 Å². The zero-order chi connectivity index (χ0) is 21.7. The van der Waals surface area contributed by atoms with Gasteiger partial charge in [-0.1, -0.05) is 17.7 Å². The second kappa shape index (κ2) is 9.30. The first-order valence-electron chi connectivity index (χ1n) is 9.25. The molecule has 158 valence electrons. The molecule has 5 nitrogen and oxygen atoms in total. The van der Waals surface area contributed by atoms with Gasteiger partial charge < -0.3 is 15.2 Å². The first-order chi connectivity index (χ1) is 14.3. The summed E-state index contributed by atoms with van der Waals surface area (Å²) in [5.74, 6) is 0. The van der Waals surface area contributed by atoms with Crippen LogP contribution < -0.4 is 5.32 Å². The molecule has 0 saturated heterocycles. The number of carbonyl (C=O) groups is 1. The number of alkyl halides is 3. The normalized spacial score (nSPS) is 14.7. The Balaban J connectivity index is 1.62. The molecule has 2 aromatic rings. The summed E-state index contributed by atoms with van der Waals surface area (Å²) >= 11 is 6.37. The maximum atomic E-state index is 12.6. The summed E-state index contributed by atoms with van der Waals surface area (Å²) in [7, 11) is 1.70. The third kappa shape index (κ3) is 5.38. The zero-order valence-electron chi connectivity index (χ0n) is 16.2. The van der Waals surface area contributed by atoms with Crippen LogP contribution in [-0.4, -0.2) is 42.3 Å². The number of aromatic nitrogens is 1. The van der Waals surface area contributed by atoms with Crippen molar-refractivity contribution in [1.29, 1.82) is 0 Å². The van der Waals surface area contributed by atoms with Crippen LogP contribution in [0.25, 0.3) is 5.57 Å². The van der Waals surface area contributed by atoms with Gasteiger partial charge in [0.1, 0.15) is 0 Å². The first kappa shape index (κ1) is 21.8. The molecule has 0 aliphatic carbocycles. The molecule has 0 spiro atoms. The molecule has 3 rings (SSSR count). The Hall–Kier alpha value is -2.87. The molecule has 2 amide bonds. The van der Waals surface area contributed by atoms with Crippen molar-refractivity contribution in [1.82, 2.24) is 9.88 Å². The van der Waals surface area contributed by atoms with Gasteiger partial charge in [-0.3, -0.25) is 4.98 Å². The molecular formula is C21H20ClF3N4O. The smallest absolute Gasteiger partial charge is 0.320 e. The lowest BCUT2D eigenvalue weighted by molar-refractivity contribution is -0.137. The van der Waals surface area contributed by atoms with E-state index in [4.69, 9.17) is 11.6 Å². The van der Waals surface area contributed by atoms with Crippen LogP contribution in [0.1, 0.15) is 23.2 Å². The minimum Gasteiger partial charge on any atom is -0.320 e. The van der Waals surface area contributed by atoms with E-state index < -0.39 is 11.7 Å². The largest absolute Gasteiger partial charge is 0.416 e. The van der Waals surface area contributed by atoms with Gasteiger partial charge in [0.2, 0.25) is 0 Å². The number of aliphatic imine (C=N–C) groups is 1. The number of urea groups is 1. The third-order valence-electron chi connectivity index (χ3n) is 4.67. The van der Waals surface area contributed by atoms with E-state index in [1.165, 1.54) is 12.1 Å². The van der Waals surface area contributed by atoms with Crippen molar-refractivity contribution in [2.45, 2.75) is 19.0 Å². The second-order valence-electron chi connectivity index (χ2n) is 6.75. The van der Waals surface area contributed by atoms with Crippen LogP contribution in [-0.2, 0) is 12.6 Å². The number of amides is 2. The first-order valence-corrected chi connectivity index (χ1v) is 9.63. The summed E-state index contributed by atoms with van der Waals surface area (Å²) in [6.07, 6.45) is 2.24. The van der Waals surface area contributed by atoms with E-state index in [1.54, 1.807) is 24.4 Å². The van der Waals surface area contributed by atoms with E-state index in [1.807, 2.05) is 12.1 Å². The van der Waals surface area contributed by atoms with Gasteiger partial charge in [0, 0.05) is 44.7 Å². The lowest BCUT2D eigenvalue weighted by Gasteiger charge is -2.27. The van der Waals surface area contributed by atoms with Gasteiger partial charge in [0.05, 0.1) is 16.3 Å². The molecule has 0 radical (unpaired) electrons. The van der Waals surface area contributed by atoms with E-state index >= 15 is 0 Å². The number of pyridine rings is 1. The van der Waals surface area contributed by atoms with E-state index in [0.29, 0.717) is 42.3 Å². The molecule has 1 aromatic carbocycles. The highest BCUT2D eigenvalue weighted by molar-refractivity contribution is 6.32. The highest BCUT2D eigenvalue weighted by Gasteiger charge is 2.30. The molecule has 2 heterocycles. The van der Waals surface area contributed by atoms with Gasteiger partial charge in [-0.05, 0) is 47.9 Å². The van der Waals surface area contributed by atoms with Gasteiger partial charge >= 0.3 is 12.2 Å². The van der Waals surface area contributed by atoms with Crippen molar-refractivity contribution in [2.24, 2.45) is 4.99 Å². The molecule has 30 heavy (non-hydrogen) atoms. The number of halogens is 4. The maximum Gasteiger partial charge on any atom is 0.416 e. The Morgan fingerprint density at radius 2 is 2.07 bits per heavy atom. The topological polar surface area (TPSA) is 57.6 Å². The number of hydrogen-bond donors (Lipinski definition) is 1. The molecule has 0 atom stereocenters. The molecule has 9 heteroatoms. The van der Waals surface area contributed by atoms with E-state index in [9.17, 15) is 18.0 Å². The fourth-order valence-electron chi connectivity index (χ4n) is 3.04. The van der Waals surface area contributed by atoms with Crippen molar-refractivity contribution in [3.05, 3.63) is 64.4 Å². The number of nitrogens with one attached hydrogen (secondary N) is 1. The monoisotopic (exact) mass is 436 g/mol. The average molecular weight is 437 g/mol. The molecule has 1 aliphatic rings. The summed E-state index contributed by atoms with van der Waals surface area (Å²) in [4.78, 5) is 22.4. The molecule has 1 N–H and O–H groups in total. The molecule has 0 bridgehead atoms. The number of carbonyl (C=O) groups excluding carboxylic acids is 1. The zero-order valence-corrected chi connectivity index (χ0v) is 17.0. The highest BCUT2D eigenvalue weighted by Crippen LogP contribution is 2.30. The fraction of sp³-hybridized carbons (Fsp3) is 0.286. The number of nitrogens with zero attached hydrogens (tertiary/aromatic N) is 3. The Morgan fingerprint density at radius 3 is 2.63 bits per heavy atom. The van der Waals surface area contributed by atoms with Crippen LogP contribution in [0, 0.1) is 0 Å². The predicted molar refractivity (Wildman–Crippen MR) is 112 cm³/mol. The van der Waals surface area contributed by atoms with Crippen LogP contribution in [0.4, 0.5) is 23.7 Å². The number of anilines is 1. The van der Waals surface area contributed by atoms with Gasteiger partial charge in [0.25, 0.3) is 0 Å². The van der Waals surface area contributed by atoms with Crippen molar-refractivity contribution in [3.8, 4) is 0 Å². The number of rotatable bonds is 4. The summed E-state index contributed by atoms with van der Waals surface area (Å²) in [6.45, 7) is 0.796. The second-order valence-corrected chi connectivity index (χ2v) is 7.16. The number of benzene rings is 1. The van der Waals surface area contributed by atoms with Crippen LogP contribution in [0.15, 0.2) is 47.6 Å². The average Bonchev–Trinajstić information content (AvgIpc) is 2.72. The minimum atomic E-state index is -4.41. The lowest BCUT2D eigenvalue weighted by atomic mass is 10.0. The molecular weight excluding hydrogens is 417 g/mol. The summed E-state index contributed by atoms with van der Waals surface area (Å²) in [5.41, 5.74) is 2.15. The number of hydrogen-bond acceptors (Lipinski definition) is 3. The quantitative estimate of drug-likeness (QED) is 0.659. The summed E-state index contributed by atoms with van der Waals surface area (Å²) in [6, 6.07) is 5.83. The minimum absolute atomic E-state index is 0.304. The fourth-order valence-corrected chi connectivity index (χ4v) is 3.35. The standard InChI is InChI=1S/C21H20ClF3N4O/c1-26-9-6-14-12-18(22)19(27-13-14)15-7-10-29(11-8-15)20(30)28-17-4-2-16(3-5-17)21(23,24)25/h2-5,7,9,12-13H,6,8,10-11H2,1H3,(H,28,30)/b26-9+. The van der Waals surface area contributed by atoms with Gasteiger partial charge in [-0.2, -0.15) is 13.2 Å². The summed E-state index contributed by atoms with van der Waals surface area (Å²) in [5, 5.41) is 3.17. The highest BCUT2D eigenvalue weighted by atomic mass is 35.5. The Morgan fingerprint density at radius 1 is 1.33 bits per heavy atom.